The fourth-order valence-corrected chi connectivity index (χ4v) is 4.09. The third-order valence-electron chi connectivity index (χ3n) is 5.88. The van der Waals surface area contributed by atoms with Crippen LogP contribution in [0.4, 0.5) is 11.4 Å². The zero-order valence-electron chi connectivity index (χ0n) is 18.3. The summed E-state index contributed by atoms with van der Waals surface area (Å²) >= 11 is 0. The molecule has 3 rings (SSSR count). The highest BCUT2D eigenvalue weighted by Gasteiger charge is 2.30. The number of rotatable bonds is 5. The van der Waals surface area contributed by atoms with Gasteiger partial charge in [0.2, 0.25) is 0 Å². The summed E-state index contributed by atoms with van der Waals surface area (Å²) in [5.74, 6) is -0.759. The third-order valence-corrected chi connectivity index (χ3v) is 5.88. The number of anilines is 2. The Kier molecular flexibility index (Phi) is 7.39. The molecule has 7 nitrogen and oxygen atoms in total. The Balaban J connectivity index is 1.64. The Labute approximate surface area is 183 Å². The number of aryl methyl sites for hydroxylation is 1. The van der Waals surface area contributed by atoms with Gasteiger partial charge in [0, 0.05) is 35.4 Å². The summed E-state index contributed by atoms with van der Waals surface area (Å²) < 4.78 is 0. The van der Waals surface area contributed by atoms with Crippen molar-refractivity contribution in [2.24, 2.45) is 11.8 Å². The predicted molar refractivity (Wildman–Crippen MR) is 121 cm³/mol. The first-order valence-corrected chi connectivity index (χ1v) is 10.8. The maximum atomic E-state index is 12.5. The molecule has 2 unspecified atom stereocenters. The van der Waals surface area contributed by atoms with Gasteiger partial charge < -0.3 is 16.0 Å². The van der Waals surface area contributed by atoms with E-state index in [9.17, 15) is 14.4 Å². The molecule has 1 aliphatic rings. The first kappa shape index (κ1) is 22.5. The van der Waals surface area contributed by atoms with E-state index in [1.807, 2.05) is 6.92 Å². The summed E-state index contributed by atoms with van der Waals surface area (Å²) in [6.45, 7) is 6.17. The maximum absolute atomic E-state index is 12.5. The van der Waals surface area contributed by atoms with Crippen molar-refractivity contribution in [1.29, 1.82) is 0 Å². The van der Waals surface area contributed by atoms with Crippen molar-refractivity contribution in [2.45, 2.75) is 52.5 Å². The van der Waals surface area contributed by atoms with Crippen molar-refractivity contribution in [2.75, 3.05) is 10.6 Å². The van der Waals surface area contributed by atoms with Crippen LogP contribution in [0.5, 0.6) is 0 Å². The minimum absolute atomic E-state index is 0.0280. The van der Waals surface area contributed by atoms with Crippen molar-refractivity contribution in [3.63, 3.8) is 0 Å². The molecule has 2 atom stereocenters. The molecule has 1 fully saturated rings. The van der Waals surface area contributed by atoms with Crippen LogP contribution in [0, 0.1) is 18.8 Å². The Morgan fingerprint density at radius 2 is 1.68 bits per heavy atom. The Bertz CT molecular complexity index is 943. The molecule has 0 saturated heterocycles. The highest BCUT2D eigenvalue weighted by atomic mass is 16.2. The van der Waals surface area contributed by atoms with Crippen LogP contribution >= 0.6 is 0 Å². The molecule has 1 aromatic heterocycles. The average Bonchev–Trinajstić information content (AvgIpc) is 2.76. The second-order valence-electron chi connectivity index (χ2n) is 8.45. The topological polar surface area (TPSA) is 100 Å². The fraction of sp³-hybridized carbons (Fsp3) is 0.417. The number of nitrogens with one attached hydrogen (secondary N) is 3. The SMILES string of the molecule is Cc1ccc(NC(=O)C(=O)NC2CCCCC2C(C)C)cc1NC(=O)c1ccncc1. The molecule has 1 aliphatic carbocycles. The Hall–Kier alpha value is -3.22. The minimum atomic E-state index is -0.705. The summed E-state index contributed by atoms with van der Waals surface area (Å²) in [5, 5.41) is 8.40. The molecule has 1 heterocycles. The normalized spacial score (nSPS) is 18.3. The number of hydrogen-bond donors (Lipinski definition) is 3. The highest BCUT2D eigenvalue weighted by Crippen LogP contribution is 2.30. The van der Waals surface area contributed by atoms with E-state index in [-0.39, 0.29) is 11.9 Å². The summed E-state index contributed by atoms with van der Waals surface area (Å²) in [5.41, 5.74) is 2.33. The van der Waals surface area contributed by atoms with Crippen LogP contribution in [0.15, 0.2) is 42.7 Å². The molecule has 0 aliphatic heterocycles. The van der Waals surface area contributed by atoms with Gasteiger partial charge in [0.1, 0.15) is 0 Å². The predicted octanol–water partition coefficient (Wildman–Crippen LogP) is 3.91. The van der Waals surface area contributed by atoms with Gasteiger partial charge in [0.05, 0.1) is 0 Å². The van der Waals surface area contributed by atoms with E-state index in [2.05, 4.69) is 34.8 Å². The minimum Gasteiger partial charge on any atom is -0.345 e. The summed E-state index contributed by atoms with van der Waals surface area (Å²) in [6, 6.07) is 8.41. The molecule has 0 spiro atoms. The van der Waals surface area contributed by atoms with Crippen LogP contribution in [-0.2, 0) is 9.59 Å². The lowest BCUT2D eigenvalue weighted by atomic mass is 9.78. The van der Waals surface area contributed by atoms with E-state index in [1.54, 1.807) is 42.7 Å². The molecule has 1 saturated carbocycles. The van der Waals surface area contributed by atoms with E-state index >= 15 is 0 Å². The van der Waals surface area contributed by atoms with Crippen LogP contribution in [0.25, 0.3) is 0 Å². The largest absolute Gasteiger partial charge is 0.345 e. The number of hydrogen-bond acceptors (Lipinski definition) is 4. The highest BCUT2D eigenvalue weighted by molar-refractivity contribution is 6.39. The van der Waals surface area contributed by atoms with E-state index in [1.165, 1.54) is 6.42 Å². The van der Waals surface area contributed by atoms with Gasteiger partial charge in [-0.2, -0.15) is 0 Å². The van der Waals surface area contributed by atoms with Crippen LogP contribution in [-0.4, -0.2) is 28.7 Å². The Morgan fingerprint density at radius 3 is 2.39 bits per heavy atom. The maximum Gasteiger partial charge on any atom is 0.313 e. The molecule has 1 aromatic carbocycles. The average molecular weight is 423 g/mol. The molecule has 3 N–H and O–H groups in total. The first-order valence-electron chi connectivity index (χ1n) is 10.8. The summed E-state index contributed by atoms with van der Waals surface area (Å²) in [4.78, 5) is 41.3. The fourth-order valence-electron chi connectivity index (χ4n) is 4.09. The molecule has 31 heavy (non-hydrogen) atoms. The number of aromatic nitrogens is 1. The van der Waals surface area contributed by atoms with Crippen molar-refractivity contribution >= 4 is 29.1 Å². The van der Waals surface area contributed by atoms with Gasteiger partial charge in [-0.05, 0) is 61.4 Å². The number of nitrogens with zero attached hydrogens (tertiary/aromatic N) is 1. The number of benzene rings is 1. The molecule has 7 heteroatoms. The van der Waals surface area contributed by atoms with Gasteiger partial charge in [-0.3, -0.25) is 19.4 Å². The van der Waals surface area contributed by atoms with Gasteiger partial charge in [0.15, 0.2) is 0 Å². The lowest BCUT2D eigenvalue weighted by Gasteiger charge is -2.34. The molecule has 0 radical (unpaired) electrons. The quantitative estimate of drug-likeness (QED) is 0.636. The molecule has 0 bridgehead atoms. The smallest absolute Gasteiger partial charge is 0.313 e. The zero-order chi connectivity index (χ0) is 22.4. The van der Waals surface area contributed by atoms with E-state index in [0.29, 0.717) is 28.8 Å². The summed E-state index contributed by atoms with van der Waals surface area (Å²) in [7, 11) is 0. The number of carbonyl (C=O) groups is 3. The van der Waals surface area contributed by atoms with Crippen molar-refractivity contribution < 1.29 is 14.4 Å². The molecular weight excluding hydrogens is 392 g/mol. The van der Waals surface area contributed by atoms with E-state index in [0.717, 1.165) is 24.8 Å². The summed E-state index contributed by atoms with van der Waals surface area (Å²) in [6.07, 6.45) is 7.30. The van der Waals surface area contributed by atoms with Crippen LogP contribution in [0.2, 0.25) is 0 Å². The molecule has 3 amide bonds. The third kappa shape index (κ3) is 5.90. The lowest BCUT2D eigenvalue weighted by molar-refractivity contribution is -0.137. The van der Waals surface area contributed by atoms with Gasteiger partial charge in [-0.1, -0.05) is 32.8 Å². The first-order chi connectivity index (χ1) is 14.8. The monoisotopic (exact) mass is 422 g/mol. The van der Waals surface area contributed by atoms with Gasteiger partial charge in [0.25, 0.3) is 5.91 Å². The number of amides is 3. The Morgan fingerprint density at radius 1 is 0.968 bits per heavy atom. The van der Waals surface area contributed by atoms with Crippen molar-refractivity contribution in [3.8, 4) is 0 Å². The zero-order valence-corrected chi connectivity index (χ0v) is 18.3. The van der Waals surface area contributed by atoms with Gasteiger partial charge in [-0.15, -0.1) is 0 Å². The standard InChI is InChI=1S/C24H30N4O3/c1-15(2)19-6-4-5-7-20(19)27-24(31)23(30)26-18-9-8-16(3)21(14-18)28-22(29)17-10-12-25-13-11-17/h8-15,19-20H,4-7H2,1-3H3,(H,26,30)(H,27,31)(H,28,29). The van der Waals surface area contributed by atoms with E-state index < -0.39 is 11.8 Å². The number of carbonyl (C=O) groups excluding carboxylic acids is 3. The molecular formula is C24H30N4O3. The van der Waals surface area contributed by atoms with Gasteiger partial charge in [-0.25, -0.2) is 0 Å². The lowest BCUT2D eigenvalue weighted by Crippen LogP contribution is -2.47. The second kappa shape index (κ2) is 10.2. The van der Waals surface area contributed by atoms with Gasteiger partial charge >= 0.3 is 11.8 Å². The molecule has 2 aromatic rings. The number of pyridine rings is 1. The van der Waals surface area contributed by atoms with Crippen LogP contribution in [0.1, 0.15) is 55.5 Å². The van der Waals surface area contributed by atoms with Crippen LogP contribution in [0.3, 0.4) is 0 Å². The van der Waals surface area contributed by atoms with Crippen LogP contribution < -0.4 is 16.0 Å². The van der Waals surface area contributed by atoms with Crippen molar-refractivity contribution in [1.82, 2.24) is 10.3 Å². The van der Waals surface area contributed by atoms with E-state index in [4.69, 9.17) is 0 Å². The molecule has 164 valence electrons. The second-order valence-corrected chi connectivity index (χ2v) is 8.45. The van der Waals surface area contributed by atoms with Crippen molar-refractivity contribution in [3.05, 3.63) is 53.9 Å².